The second-order valence-corrected chi connectivity index (χ2v) is 11.3. The van der Waals surface area contributed by atoms with Crippen molar-refractivity contribution in [3.05, 3.63) is 129 Å². The van der Waals surface area contributed by atoms with E-state index in [-0.39, 0.29) is 11.7 Å². The van der Waals surface area contributed by atoms with Crippen LogP contribution < -0.4 is 19.6 Å². The minimum Gasteiger partial charge on any atom is -0.490 e. The molecule has 4 heterocycles. The summed E-state index contributed by atoms with van der Waals surface area (Å²) in [7, 11) is 0. The van der Waals surface area contributed by atoms with Crippen molar-refractivity contribution in [1.82, 2.24) is 24.4 Å². The molecular formula is C34H27N5O3S. The summed E-state index contributed by atoms with van der Waals surface area (Å²) in [5, 5.41) is 9.39. The van der Waals surface area contributed by atoms with E-state index in [0.29, 0.717) is 21.9 Å². The van der Waals surface area contributed by atoms with Crippen LogP contribution in [0.2, 0.25) is 0 Å². The van der Waals surface area contributed by atoms with Gasteiger partial charge in [-0.2, -0.15) is 14.6 Å². The first-order valence-corrected chi connectivity index (χ1v) is 14.7. The van der Waals surface area contributed by atoms with Gasteiger partial charge in [-0.3, -0.25) is 4.79 Å². The van der Waals surface area contributed by atoms with Gasteiger partial charge in [-0.15, -0.1) is 5.10 Å². The monoisotopic (exact) mass is 585 g/mol. The molecule has 9 heteroatoms. The summed E-state index contributed by atoms with van der Waals surface area (Å²) < 4.78 is 15.2. The number of aromatic nitrogens is 5. The van der Waals surface area contributed by atoms with E-state index < -0.39 is 0 Å². The highest BCUT2D eigenvalue weighted by Crippen LogP contribution is 2.34. The van der Waals surface area contributed by atoms with E-state index >= 15 is 0 Å². The van der Waals surface area contributed by atoms with Gasteiger partial charge in [-0.05, 0) is 72.7 Å². The minimum atomic E-state index is -0.217. The van der Waals surface area contributed by atoms with Crippen molar-refractivity contribution < 1.29 is 9.47 Å². The number of nitrogens with zero attached hydrogens (tertiary/aromatic N) is 5. The smallest absolute Gasteiger partial charge is 0.291 e. The Morgan fingerprint density at radius 3 is 2.70 bits per heavy atom. The van der Waals surface area contributed by atoms with Crippen molar-refractivity contribution in [2.24, 2.45) is 0 Å². The maximum absolute atomic E-state index is 13.4. The van der Waals surface area contributed by atoms with Crippen LogP contribution >= 0.6 is 11.3 Å². The van der Waals surface area contributed by atoms with Gasteiger partial charge in [-0.1, -0.05) is 60.4 Å². The Morgan fingerprint density at radius 2 is 1.91 bits per heavy atom. The van der Waals surface area contributed by atoms with Gasteiger partial charge in [0.2, 0.25) is 4.96 Å². The molecule has 0 radical (unpaired) electrons. The van der Waals surface area contributed by atoms with E-state index in [1.54, 1.807) is 12.2 Å². The highest BCUT2D eigenvalue weighted by Gasteiger charge is 2.21. The summed E-state index contributed by atoms with van der Waals surface area (Å²) in [5.74, 6) is 2.15. The normalized spacial score (nSPS) is 14.8. The van der Waals surface area contributed by atoms with Gasteiger partial charge < -0.3 is 9.47 Å². The molecule has 0 saturated heterocycles. The van der Waals surface area contributed by atoms with Crippen LogP contribution in [0.5, 0.6) is 11.5 Å². The highest BCUT2D eigenvalue weighted by atomic mass is 32.1. The van der Waals surface area contributed by atoms with Crippen LogP contribution in [0.3, 0.4) is 0 Å². The maximum Gasteiger partial charge on any atom is 0.291 e. The van der Waals surface area contributed by atoms with Crippen molar-refractivity contribution in [1.29, 1.82) is 0 Å². The highest BCUT2D eigenvalue weighted by molar-refractivity contribution is 7.15. The minimum absolute atomic E-state index is 0.151. The number of ether oxygens (including phenoxy) is 2. The fourth-order valence-electron chi connectivity index (χ4n) is 5.06. The number of rotatable bonds is 8. The number of hydrogen-bond donors (Lipinski definition) is 0. The third-order valence-electron chi connectivity index (χ3n) is 7.09. The van der Waals surface area contributed by atoms with Crippen molar-refractivity contribution >= 4 is 34.5 Å². The van der Waals surface area contributed by atoms with Crippen molar-refractivity contribution in [2.75, 3.05) is 6.61 Å². The Kier molecular flexibility index (Phi) is 6.92. The summed E-state index contributed by atoms with van der Waals surface area (Å²) in [6.07, 6.45) is 10.2. The van der Waals surface area contributed by atoms with Crippen molar-refractivity contribution in [3.8, 4) is 28.4 Å². The maximum atomic E-state index is 13.4. The van der Waals surface area contributed by atoms with Crippen molar-refractivity contribution in [2.45, 2.75) is 19.4 Å². The topological polar surface area (TPSA) is 83.5 Å². The Labute approximate surface area is 251 Å². The average Bonchev–Trinajstić information content (AvgIpc) is 3.79. The van der Waals surface area contributed by atoms with Crippen LogP contribution in [0.4, 0.5) is 0 Å². The number of hydrogen-bond acceptors (Lipinski definition) is 7. The van der Waals surface area contributed by atoms with E-state index in [9.17, 15) is 4.79 Å². The molecule has 7 rings (SSSR count). The van der Waals surface area contributed by atoms with Gasteiger partial charge in [0, 0.05) is 23.7 Å². The SMILES string of the molecule is C=CCOc1ccc(/C=C/c2nc3s/c(=C\c4cn(-c5ccccc5)nc4-c4ccc5c(c4)CC(C)O5)c(=O)n3n2)cc1. The molecule has 1 aliphatic rings. The molecule has 1 aliphatic heterocycles. The van der Waals surface area contributed by atoms with E-state index in [0.717, 1.165) is 51.6 Å². The molecule has 1 atom stereocenters. The Hall–Kier alpha value is -5.28. The van der Waals surface area contributed by atoms with Gasteiger partial charge >= 0.3 is 0 Å². The zero-order valence-corrected chi connectivity index (χ0v) is 24.2. The molecule has 212 valence electrons. The summed E-state index contributed by atoms with van der Waals surface area (Å²) in [6.45, 7) is 6.19. The Bertz CT molecular complexity index is 2090. The Morgan fingerprint density at radius 1 is 1.07 bits per heavy atom. The molecule has 6 aromatic rings. The molecular weight excluding hydrogens is 558 g/mol. The number of benzene rings is 3. The molecule has 43 heavy (non-hydrogen) atoms. The lowest BCUT2D eigenvalue weighted by Gasteiger charge is -2.04. The number of thiazole rings is 1. The zero-order valence-electron chi connectivity index (χ0n) is 23.4. The number of fused-ring (bicyclic) bond motifs is 2. The largest absolute Gasteiger partial charge is 0.490 e. The number of para-hydroxylation sites is 1. The van der Waals surface area contributed by atoms with Gasteiger partial charge in [0.25, 0.3) is 5.56 Å². The molecule has 0 bridgehead atoms. The first kappa shape index (κ1) is 26.6. The van der Waals surface area contributed by atoms with Crippen LogP contribution in [0.25, 0.3) is 40.1 Å². The quantitative estimate of drug-likeness (QED) is 0.216. The van der Waals surface area contributed by atoms with Crippen LogP contribution in [-0.2, 0) is 6.42 Å². The van der Waals surface area contributed by atoms with Crippen LogP contribution in [0.1, 0.15) is 29.4 Å². The van der Waals surface area contributed by atoms with Gasteiger partial charge in [0.15, 0.2) is 5.82 Å². The third-order valence-corrected chi connectivity index (χ3v) is 8.05. The zero-order chi connectivity index (χ0) is 29.3. The van der Waals surface area contributed by atoms with Crippen molar-refractivity contribution in [3.63, 3.8) is 0 Å². The summed E-state index contributed by atoms with van der Waals surface area (Å²) in [6, 6.07) is 23.8. The molecule has 0 aliphatic carbocycles. The van der Waals surface area contributed by atoms with Crippen LogP contribution in [-0.4, -0.2) is 37.1 Å². The fourth-order valence-corrected chi connectivity index (χ4v) is 5.97. The predicted octanol–water partition coefficient (Wildman–Crippen LogP) is 5.61. The molecule has 0 fully saturated rings. The van der Waals surface area contributed by atoms with Crippen LogP contribution in [0.15, 0.2) is 96.4 Å². The predicted molar refractivity (Wildman–Crippen MR) is 170 cm³/mol. The summed E-state index contributed by atoms with van der Waals surface area (Å²) in [4.78, 5) is 18.5. The second kappa shape index (κ2) is 11.2. The molecule has 1 unspecified atom stereocenters. The standard InChI is InChI=1S/C34H27N5O3S/c1-3-17-41-28-13-9-23(10-14-28)11-16-31-35-34-39(36-31)33(40)30(43-34)20-26-21-38(27-7-5-4-6-8-27)37-32(26)24-12-15-29-25(19-24)18-22(2)42-29/h3-16,19-22H,1,17-18H2,2H3/b16-11+,30-20-. The molecule has 0 amide bonds. The molecule has 3 aromatic carbocycles. The first-order chi connectivity index (χ1) is 21.0. The third kappa shape index (κ3) is 5.38. The van der Waals surface area contributed by atoms with E-state index in [2.05, 4.69) is 29.7 Å². The lowest BCUT2D eigenvalue weighted by atomic mass is 10.0. The molecule has 0 saturated carbocycles. The lowest BCUT2D eigenvalue weighted by molar-refractivity contribution is 0.254. The molecule has 0 spiro atoms. The average molecular weight is 586 g/mol. The lowest BCUT2D eigenvalue weighted by Crippen LogP contribution is -2.23. The first-order valence-electron chi connectivity index (χ1n) is 13.9. The molecule has 0 N–H and O–H groups in total. The van der Waals surface area contributed by atoms with E-state index in [4.69, 9.17) is 14.6 Å². The van der Waals surface area contributed by atoms with Crippen LogP contribution in [0, 0.1) is 0 Å². The molecule has 3 aromatic heterocycles. The fraction of sp³-hybridized carbons (Fsp3) is 0.118. The Balaban J connectivity index is 1.22. The second-order valence-electron chi connectivity index (χ2n) is 10.3. The van der Waals surface area contributed by atoms with E-state index in [1.165, 1.54) is 15.9 Å². The van der Waals surface area contributed by atoms with Gasteiger partial charge in [-0.25, -0.2) is 4.68 Å². The summed E-state index contributed by atoms with van der Waals surface area (Å²) >= 11 is 1.31. The van der Waals surface area contributed by atoms with Gasteiger partial charge in [0.1, 0.15) is 29.9 Å². The van der Waals surface area contributed by atoms with Gasteiger partial charge in [0.05, 0.1) is 10.2 Å². The molecule has 8 nitrogen and oxygen atoms in total. The van der Waals surface area contributed by atoms with E-state index in [1.807, 2.05) is 89.8 Å². The summed E-state index contributed by atoms with van der Waals surface area (Å²) in [5.41, 5.74) is 5.43.